The molecule has 0 bridgehead atoms. The molecule has 0 radical (unpaired) electrons. The third-order valence-electron chi connectivity index (χ3n) is 7.76. The molecule has 0 amide bonds. The first kappa shape index (κ1) is 36.2. The summed E-state index contributed by atoms with van der Waals surface area (Å²) in [5, 5.41) is 8.72. The van der Waals surface area contributed by atoms with E-state index < -0.39 is 0 Å². The number of carbonyl (C=O) groups excluding carboxylic acids is 1. The quantitative estimate of drug-likeness (QED) is 0.0474. The van der Waals surface area contributed by atoms with Crippen molar-refractivity contribution in [1.82, 2.24) is 0 Å². The van der Waals surface area contributed by atoms with E-state index in [0.29, 0.717) is 12.2 Å². The highest BCUT2D eigenvalue weighted by Crippen LogP contribution is 2.22. The molecular formula is C38H58N2O3. The van der Waals surface area contributed by atoms with Gasteiger partial charge in [0.1, 0.15) is 5.75 Å². The van der Waals surface area contributed by atoms with Gasteiger partial charge in [-0.05, 0) is 74.6 Å². The molecule has 43 heavy (non-hydrogen) atoms. The van der Waals surface area contributed by atoms with E-state index in [1.165, 1.54) is 102 Å². The largest absolute Gasteiger partial charge is 0.494 e. The molecule has 0 aliphatic rings. The Morgan fingerprint density at radius 2 is 1.02 bits per heavy atom. The topological polar surface area (TPSA) is 60.2 Å². The van der Waals surface area contributed by atoms with Gasteiger partial charge in [-0.1, -0.05) is 122 Å². The van der Waals surface area contributed by atoms with E-state index in [1.54, 1.807) is 6.92 Å². The van der Waals surface area contributed by atoms with Crippen LogP contribution in [0.25, 0.3) is 0 Å². The maximum Gasteiger partial charge on any atom is 0.333 e. The molecule has 0 aromatic heterocycles. The van der Waals surface area contributed by atoms with Crippen LogP contribution in [0.3, 0.4) is 0 Å². The molecule has 0 aliphatic carbocycles. The highest BCUT2D eigenvalue weighted by atomic mass is 16.5. The van der Waals surface area contributed by atoms with Crippen LogP contribution in [0.1, 0.15) is 135 Å². The minimum atomic E-state index is -0.264. The summed E-state index contributed by atoms with van der Waals surface area (Å²) in [6, 6.07) is 16.3. The van der Waals surface area contributed by atoms with Gasteiger partial charge in [-0.25, -0.2) is 4.79 Å². The van der Waals surface area contributed by atoms with Crippen LogP contribution < -0.4 is 4.74 Å². The van der Waals surface area contributed by atoms with E-state index >= 15 is 0 Å². The van der Waals surface area contributed by atoms with Gasteiger partial charge in [0.05, 0.1) is 24.6 Å². The minimum Gasteiger partial charge on any atom is -0.494 e. The van der Waals surface area contributed by atoms with Gasteiger partial charge in [0, 0.05) is 5.57 Å². The second kappa shape index (κ2) is 24.5. The molecule has 0 unspecified atom stereocenters. The molecule has 0 N–H and O–H groups in total. The molecule has 238 valence electrons. The Morgan fingerprint density at radius 1 is 0.605 bits per heavy atom. The normalized spacial score (nSPS) is 11.2. The van der Waals surface area contributed by atoms with Crippen LogP contribution in [-0.4, -0.2) is 19.2 Å². The van der Waals surface area contributed by atoms with Crippen LogP contribution in [0.4, 0.5) is 11.4 Å². The average molecular weight is 591 g/mol. The van der Waals surface area contributed by atoms with Crippen molar-refractivity contribution in [3.8, 4) is 5.75 Å². The Bertz CT molecular complexity index is 1010. The first-order valence-corrected chi connectivity index (χ1v) is 17.1. The molecule has 0 spiro atoms. The van der Waals surface area contributed by atoms with Crippen LogP contribution in [-0.2, 0) is 16.0 Å². The van der Waals surface area contributed by atoms with E-state index in [9.17, 15) is 4.79 Å². The van der Waals surface area contributed by atoms with Crippen molar-refractivity contribution < 1.29 is 14.3 Å². The van der Waals surface area contributed by atoms with Gasteiger partial charge >= 0.3 is 5.97 Å². The molecular weight excluding hydrogens is 532 g/mol. The lowest BCUT2D eigenvalue weighted by atomic mass is 10.0. The summed E-state index contributed by atoms with van der Waals surface area (Å²) in [4.78, 5) is 11.3. The molecule has 0 fully saturated rings. The Balaban J connectivity index is 1.35. The van der Waals surface area contributed by atoms with Gasteiger partial charge in [0.15, 0.2) is 0 Å². The number of esters is 1. The van der Waals surface area contributed by atoms with Crippen molar-refractivity contribution in [2.75, 3.05) is 13.2 Å². The maximum absolute atomic E-state index is 11.3. The molecule has 0 atom stereocenters. The number of hydrogen-bond acceptors (Lipinski definition) is 5. The second-order valence-electron chi connectivity index (χ2n) is 11.9. The van der Waals surface area contributed by atoms with Crippen molar-refractivity contribution in [3.63, 3.8) is 0 Å². The zero-order chi connectivity index (χ0) is 30.8. The highest BCUT2D eigenvalue weighted by molar-refractivity contribution is 5.86. The first-order valence-electron chi connectivity index (χ1n) is 17.1. The summed E-state index contributed by atoms with van der Waals surface area (Å²) < 4.78 is 11.0. The van der Waals surface area contributed by atoms with E-state index in [4.69, 9.17) is 9.47 Å². The number of nitrogens with zero attached hydrogens (tertiary/aromatic N) is 2. The fourth-order valence-corrected chi connectivity index (χ4v) is 4.99. The van der Waals surface area contributed by atoms with Gasteiger partial charge in [-0.15, -0.1) is 0 Å². The van der Waals surface area contributed by atoms with E-state index in [-0.39, 0.29) is 5.97 Å². The summed E-state index contributed by atoms with van der Waals surface area (Å²) in [7, 11) is 0. The van der Waals surface area contributed by atoms with Gasteiger partial charge < -0.3 is 9.47 Å². The molecule has 0 saturated heterocycles. The number of ether oxygens (including phenoxy) is 2. The number of unbranched alkanes of at least 4 members (excludes halogenated alkanes) is 16. The number of aryl methyl sites for hydroxylation is 1. The summed E-state index contributed by atoms with van der Waals surface area (Å²) in [5.41, 5.74) is 3.56. The predicted octanol–water partition coefficient (Wildman–Crippen LogP) is 12.2. The number of carbonyl (C=O) groups is 1. The number of benzene rings is 2. The third kappa shape index (κ3) is 19.0. The number of rotatable bonds is 26. The van der Waals surface area contributed by atoms with Crippen LogP contribution in [0.15, 0.2) is 70.9 Å². The molecule has 2 rings (SSSR count). The van der Waals surface area contributed by atoms with Gasteiger partial charge in [0.2, 0.25) is 0 Å². The van der Waals surface area contributed by atoms with Gasteiger partial charge in [-0.2, -0.15) is 10.2 Å². The van der Waals surface area contributed by atoms with E-state index in [1.807, 2.05) is 36.4 Å². The van der Waals surface area contributed by atoms with Gasteiger partial charge in [-0.3, -0.25) is 0 Å². The van der Waals surface area contributed by atoms with Crippen molar-refractivity contribution >= 4 is 17.3 Å². The Labute approximate surface area is 262 Å². The van der Waals surface area contributed by atoms with Gasteiger partial charge in [0.25, 0.3) is 0 Å². The van der Waals surface area contributed by atoms with Crippen LogP contribution >= 0.6 is 0 Å². The Hall–Kier alpha value is -2.95. The summed E-state index contributed by atoms with van der Waals surface area (Å²) in [6.45, 7) is 8.81. The summed E-state index contributed by atoms with van der Waals surface area (Å²) in [5.74, 6) is 0.637. The third-order valence-corrected chi connectivity index (χ3v) is 7.76. The average Bonchev–Trinajstić information content (AvgIpc) is 3.02. The van der Waals surface area contributed by atoms with E-state index in [2.05, 4.69) is 35.9 Å². The smallest absolute Gasteiger partial charge is 0.333 e. The van der Waals surface area contributed by atoms with Crippen LogP contribution in [0.2, 0.25) is 0 Å². The summed E-state index contributed by atoms with van der Waals surface area (Å²) in [6.07, 6.45) is 24.2. The fourth-order valence-electron chi connectivity index (χ4n) is 4.99. The van der Waals surface area contributed by atoms with Crippen molar-refractivity contribution in [2.45, 2.75) is 136 Å². The molecule has 0 heterocycles. The molecule has 5 heteroatoms. The lowest BCUT2D eigenvalue weighted by molar-refractivity contribution is -0.139. The zero-order valence-corrected chi connectivity index (χ0v) is 27.3. The predicted molar refractivity (Wildman–Crippen MR) is 181 cm³/mol. The highest BCUT2D eigenvalue weighted by Gasteiger charge is 2.02. The monoisotopic (exact) mass is 590 g/mol. The van der Waals surface area contributed by atoms with Crippen molar-refractivity contribution in [1.29, 1.82) is 0 Å². The molecule has 2 aromatic rings. The lowest BCUT2D eigenvalue weighted by Gasteiger charge is -2.06. The fraction of sp³-hybridized carbons (Fsp3) is 0.605. The van der Waals surface area contributed by atoms with E-state index in [0.717, 1.165) is 49.4 Å². The molecule has 5 nitrogen and oxygen atoms in total. The molecule has 0 aliphatic heterocycles. The maximum atomic E-state index is 11.3. The second-order valence-corrected chi connectivity index (χ2v) is 11.9. The molecule has 2 aromatic carbocycles. The number of hydrogen-bond donors (Lipinski definition) is 0. The Kier molecular flexibility index (Phi) is 20.6. The number of azo groups is 1. The summed E-state index contributed by atoms with van der Waals surface area (Å²) >= 11 is 0. The molecule has 0 saturated carbocycles. The zero-order valence-electron chi connectivity index (χ0n) is 27.3. The standard InChI is InChI=1S/C38H58N2O3/c1-4-5-22-34-23-25-35(26-24-34)39-40-36-27-29-37(30-28-36)42-31-20-18-16-14-12-10-8-6-7-9-11-13-15-17-19-21-32-43-38(41)33(2)3/h23-30H,2,4-22,31-32H2,1,3H3. The Morgan fingerprint density at radius 3 is 1.47 bits per heavy atom. The minimum absolute atomic E-state index is 0.264. The first-order chi connectivity index (χ1) is 21.1. The van der Waals surface area contributed by atoms with Crippen LogP contribution in [0, 0.1) is 0 Å². The van der Waals surface area contributed by atoms with Crippen LogP contribution in [0.5, 0.6) is 5.75 Å². The van der Waals surface area contributed by atoms with Crippen molar-refractivity contribution in [3.05, 3.63) is 66.2 Å². The SMILES string of the molecule is C=C(C)C(=O)OCCCCCCCCCCCCCCCCCCOc1ccc(N=Nc2ccc(CCCC)cc2)cc1. The lowest BCUT2D eigenvalue weighted by Crippen LogP contribution is -2.05. The van der Waals surface area contributed by atoms with Crippen molar-refractivity contribution in [2.24, 2.45) is 10.2 Å².